The average molecular weight is 197 g/mol. The number of imidazole rings is 1. The van der Waals surface area contributed by atoms with Gasteiger partial charge in [0.25, 0.3) is 0 Å². The summed E-state index contributed by atoms with van der Waals surface area (Å²) in [6.07, 6.45) is 3.47. The first-order chi connectivity index (χ1) is 6.65. The summed E-state index contributed by atoms with van der Waals surface area (Å²) in [7, 11) is 1.85. The Morgan fingerprint density at radius 1 is 1.79 bits per heavy atom. The molecule has 1 aromatic rings. The molecule has 0 radical (unpaired) electrons. The Morgan fingerprint density at radius 2 is 2.50 bits per heavy atom. The maximum atomic E-state index is 11.3. The van der Waals surface area contributed by atoms with Crippen LogP contribution in [0.3, 0.4) is 0 Å². The molecule has 1 unspecified atom stereocenters. The lowest BCUT2D eigenvalue weighted by Crippen LogP contribution is -2.29. The fourth-order valence-corrected chi connectivity index (χ4v) is 1.02. The fourth-order valence-electron chi connectivity index (χ4n) is 1.02. The van der Waals surface area contributed by atoms with Crippen molar-refractivity contribution < 1.29 is 9.53 Å². The molecule has 0 amide bonds. The van der Waals surface area contributed by atoms with Crippen molar-refractivity contribution in [2.45, 2.75) is 19.9 Å². The van der Waals surface area contributed by atoms with Crippen molar-refractivity contribution in [3.8, 4) is 0 Å². The maximum Gasteiger partial charge on any atom is 0.328 e. The van der Waals surface area contributed by atoms with Gasteiger partial charge in [0.1, 0.15) is 6.04 Å². The number of esters is 1. The Morgan fingerprint density at radius 3 is 3.00 bits per heavy atom. The number of nitrogens with zero attached hydrogens (tertiary/aromatic N) is 2. The van der Waals surface area contributed by atoms with E-state index in [0.29, 0.717) is 12.6 Å². The second-order valence-electron chi connectivity index (χ2n) is 2.98. The van der Waals surface area contributed by atoms with Crippen LogP contribution in [0.2, 0.25) is 0 Å². The van der Waals surface area contributed by atoms with Crippen molar-refractivity contribution >= 4 is 11.9 Å². The monoisotopic (exact) mass is 197 g/mol. The van der Waals surface area contributed by atoms with Crippen molar-refractivity contribution in [2.24, 2.45) is 7.05 Å². The Kier molecular flexibility index (Phi) is 3.50. The first kappa shape index (κ1) is 10.6. The largest absolute Gasteiger partial charge is 0.464 e. The first-order valence-electron chi connectivity index (χ1n) is 4.55. The molecule has 0 aromatic carbocycles. The van der Waals surface area contributed by atoms with Crippen LogP contribution in [0, 0.1) is 0 Å². The van der Waals surface area contributed by atoms with E-state index in [1.807, 2.05) is 7.05 Å². The van der Waals surface area contributed by atoms with E-state index in [4.69, 9.17) is 4.74 Å². The van der Waals surface area contributed by atoms with Crippen molar-refractivity contribution in [2.75, 3.05) is 11.9 Å². The zero-order chi connectivity index (χ0) is 10.6. The number of hydrogen-bond donors (Lipinski definition) is 1. The molecule has 0 aliphatic rings. The van der Waals surface area contributed by atoms with E-state index in [9.17, 15) is 4.79 Å². The lowest BCUT2D eigenvalue weighted by Gasteiger charge is -2.12. The second kappa shape index (κ2) is 4.64. The predicted octanol–water partition coefficient (Wildman–Crippen LogP) is 0.784. The highest BCUT2D eigenvalue weighted by atomic mass is 16.5. The number of anilines is 1. The van der Waals surface area contributed by atoms with E-state index in [-0.39, 0.29) is 12.0 Å². The third kappa shape index (κ3) is 2.48. The highest BCUT2D eigenvalue weighted by Crippen LogP contribution is 2.03. The van der Waals surface area contributed by atoms with E-state index in [1.54, 1.807) is 30.8 Å². The summed E-state index contributed by atoms with van der Waals surface area (Å²) in [6.45, 7) is 3.92. The SMILES string of the molecule is CCOC(=O)C(C)Nc1nccn1C. The average Bonchev–Trinajstić information content (AvgIpc) is 2.52. The van der Waals surface area contributed by atoms with Crippen LogP contribution >= 0.6 is 0 Å². The third-order valence-corrected chi connectivity index (χ3v) is 1.81. The quantitative estimate of drug-likeness (QED) is 0.725. The van der Waals surface area contributed by atoms with E-state index in [0.717, 1.165) is 0 Å². The number of carbonyl (C=O) groups excluding carboxylic acids is 1. The van der Waals surface area contributed by atoms with Crippen molar-refractivity contribution in [1.82, 2.24) is 9.55 Å². The van der Waals surface area contributed by atoms with Gasteiger partial charge in [-0.05, 0) is 13.8 Å². The molecule has 1 aromatic heterocycles. The van der Waals surface area contributed by atoms with Crippen LogP contribution in [-0.2, 0) is 16.6 Å². The molecule has 78 valence electrons. The minimum atomic E-state index is -0.379. The van der Waals surface area contributed by atoms with Gasteiger partial charge >= 0.3 is 5.97 Å². The number of rotatable bonds is 4. The van der Waals surface area contributed by atoms with Crippen molar-refractivity contribution in [3.05, 3.63) is 12.4 Å². The molecule has 5 heteroatoms. The maximum absolute atomic E-state index is 11.3. The predicted molar refractivity (Wildman–Crippen MR) is 52.9 cm³/mol. The number of nitrogens with one attached hydrogen (secondary N) is 1. The van der Waals surface area contributed by atoms with Gasteiger partial charge in [0.05, 0.1) is 6.61 Å². The summed E-state index contributed by atoms with van der Waals surface area (Å²) in [5.41, 5.74) is 0. The summed E-state index contributed by atoms with van der Waals surface area (Å²) >= 11 is 0. The molecule has 0 saturated carbocycles. The van der Waals surface area contributed by atoms with Gasteiger partial charge in [0.15, 0.2) is 0 Å². The molecule has 0 fully saturated rings. The van der Waals surface area contributed by atoms with E-state index in [1.165, 1.54) is 0 Å². The molecule has 1 heterocycles. The molecule has 0 aliphatic heterocycles. The van der Waals surface area contributed by atoms with Crippen molar-refractivity contribution in [3.63, 3.8) is 0 Å². The summed E-state index contributed by atoms with van der Waals surface area (Å²) < 4.78 is 6.66. The molecule has 0 saturated heterocycles. The minimum absolute atomic E-state index is 0.268. The zero-order valence-corrected chi connectivity index (χ0v) is 8.65. The Hall–Kier alpha value is -1.52. The highest BCUT2D eigenvalue weighted by molar-refractivity contribution is 5.78. The summed E-state index contributed by atoms with van der Waals surface area (Å²) in [5, 5.41) is 2.95. The van der Waals surface area contributed by atoms with Gasteiger partial charge in [0.2, 0.25) is 5.95 Å². The summed E-state index contributed by atoms with van der Waals surface area (Å²) in [4.78, 5) is 15.3. The number of aromatic nitrogens is 2. The van der Waals surface area contributed by atoms with Crippen molar-refractivity contribution in [1.29, 1.82) is 0 Å². The van der Waals surface area contributed by atoms with E-state index in [2.05, 4.69) is 10.3 Å². The van der Waals surface area contributed by atoms with Crippen LogP contribution in [0.5, 0.6) is 0 Å². The van der Waals surface area contributed by atoms with Crippen LogP contribution in [0.1, 0.15) is 13.8 Å². The van der Waals surface area contributed by atoms with Gasteiger partial charge in [-0.25, -0.2) is 9.78 Å². The lowest BCUT2D eigenvalue weighted by atomic mass is 10.3. The first-order valence-corrected chi connectivity index (χ1v) is 4.55. The van der Waals surface area contributed by atoms with E-state index < -0.39 is 0 Å². The molecule has 0 bridgehead atoms. The van der Waals surface area contributed by atoms with Crippen LogP contribution in [-0.4, -0.2) is 28.2 Å². The molecule has 1 rings (SSSR count). The Balaban J connectivity index is 2.52. The van der Waals surface area contributed by atoms with Gasteiger partial charge < -0.3 is 14.6 Å². The van der Waals surface area contributed by atoms with Gasteiger partial charge in [-0.1, -0.05) is 0 Å². The molecule has 14 heavy (non-hydrogen) atoms. The third-order valence-electron chi connectivity index (χ3n) is 1.81. The fraction of sp³-hybridized carbons (Fsp3) is 0.556. The topological polar surface area (TPSA) is 56.1 Å². The zero-order valence-electron chi connectivity index (χ0n) is 8.65. The molecular formula is C9H15N3O2. The highest BCUT2D eigenvalue weighted by Gasteiger charge is 2.14. The van der Waals surface area contributed by atoms with Gasteiger partial charge in [-0.3, -0.25) is 0 Å². The minimum Gasteiger partial charge on any atom is -0.464 e. The van der Waals surface area contributed by atoms with Crippen LogP contribution in [0.25, 0.3) is 0 Å². The van der Waals surface area contributed by atoms with Crippen LogP contribution in [0.15, 0.2) is 12.4 Å². The second-order valence-corrected chi connectivity index (χ2v) is 2.98. The molecule has 1 atom stereocenters. The lowest BCUT2D eigenvalue weighted by molar-refractivity contribution is -0.143. The normalized spacial score (nSPS) is 12.2. The number of hydrogen-bond acceptors (Lipinski definition) is 4. The Labute approximate surface area is 83.1 Å². The van der Waals surface area contributed by atoms with E-state index >= 15 is 0 Å². The molecule has 0 aliphatic carbocycles. The van der Waals surface area contributed by atoms with Gasteiger partial charge in [-0.2, -0.15) is 0 Å². The van der Waals surface area contributed by atoms with Crippen LogP contribution in [0.4, 0.5) is 5.95 Å². The molecule has 5 nitrogen and oxygen atoms in total. The van der Waals surface area contributed by atoms with Gasteiger partial charge in [-0.15, -0.1) is 0 Å². The number of aryl methyl sites for hydroxylation is 1. The summed E-state index contributed by atoms with van der Waals surface area (Å²) in [5.74, 6) is 0.390. The molecule has 0 spiro atoms. The molecular weight excluding hydrogens is 182 g/mol. The van der Waals surface area contributed by atoms with Gasteiger partial charge in [0, 0.05) is 19.4 Å². The smallest absolute Gasteiger partial charge is 0.328 e. The standard InChI is InChI=1S/C9H15N3O2/c1-4-14-8(13)7(2)11-9-10-5-6-12(9)3/h5-7H,4H2,1-3H3,(H,10,11). The number of ether oxygens (including phenoxy) is 1. The molecule has 1 N–H and O–H groups in total. The Bertz CT molecular complexity index is 309. The van der Waals surface area contributed by atoms with Crippen LogP contribution < -0.4 is 5.32 Å². The number of carbonyl (C=O) groups is 1. The summed E-state index contributed by atoms with van der Waals surface area (Å²) in [6, 6.07) is -0.379.